The molecule has 0 spiro atoms. The Labute approximate surface area is 59.4 Å². The molecule has 0 bridgehead atoms. The Hall–Kier alpha value is -1.06. The minimum atomic E-state index is 0.228. The van der Waals surface area contributed by atoms with Gasteiger partial charge in [0, 0.05) is 6.42 Å². The Bertz CT molecular complexity index is 197. The minimum Gasteiger partial charge on any atom is -0.365 e. The van der Waals surface area contributed by atoms with Crippen molar-refractivity contribution in [3.8, 4) is 0 Å². The summed E-state index contributed by atoms with van der Waals surface area (Å²) >= 11 is 0. The molecule has 0 fully saturated rings. The predicted molar refractivity (Wildman–Crippen MR) is 37.3 cm³/mol. The summed E-state index contributed by atoms with van der Waals surface area (Å²) < 4.78 is 4.78. The van der Waals surface area contributed by atoms with Crippen molar-refractivity contribution in [3.63, 3.8) is 0 Å². The van der Waals surface area contributed by atoms with Gasteiger partial charge in [-0.1, -0.05) is 13.3 Å². The van der Waals surface area contributed by atoms with Crippen molar-refractivity contribution >= 4 is 5.95 Å². The lowest BCUT2D eigenvalue weighted by atomic mass is 10.2. The van der Waals surface area contributed by atoms with Gasteiger partial charge in [0.15, 0.2) is 0 Å². The summed E-state index contributed by atoms with van der Waals surface area (Å²) in [6, 6.07) is 0. The number of unbranched alkanes of at least 4 members (excludes halogenated alkanes) is 1. The van der Waals surface area contributed by atoms with Gasteiger partial charge in [0.2, 0.25) is 5.89 Å². The molecule has 2 N–H and O–H groups in total. The molecule has 10 heavy (non-hydrogen) atoms. The van der Waals surface area contributed by atoms with E-state index in [9.17, 15) is 0 Å². The average Bonchev–Trinajstić information content (AvgIpc) is 2.31. The molecule has 1 aromatic heterocycles. The molecule has 1 heterocycles. The summed E-state index contributed by atoms with van der Waals surface area (Å²) in [7, 11) is 0. The molecule has 0 aromatic carbocycles. The third-order valence-corrected chi connectivity index (χ3v) is 1.23. The lowest BCUT2D eigenvalue weighted by molar-refractivity contribution is 0.376. The van der Waals surface area contributed by atoms with Crippen LogP contribution in [0.25, 0.3) is 0 Å². The molecule has 56 valence electrons. The van der Waals surface area contributed by atoms with E-state index < -0.39 is 0 Å². The van der Waals surface area contributed by atoms with E-state index in [4.69, 9.17) is 10.3 Å². The molecule has 1 rings (SSSR count). The third kappa shape index (κ3) is 1.72. The van der Waals surface area contributed by atoms with Crippen molar-refractivity contribution in [2.75, 3.05) is 5.73 Å². The van der Waals surface area contributed by atoms with E-state index >= 15 is 0 Å². The van der Waals surface area contributed by atoms with Gasteiger partial charge >= 0.3 is 0 Å². The van der Waals surface area contributed by atoms with Crippen LogP contribution in [0.5, 0.6) is 0 Å². The lowest BCUT2D eigenvalue weighted by Crippen LogP contribution is -1.87. The van der Waals surface area contributed by atoms with Crippen LogP contribution < -0.4 is 5.73 Å². The second-order valence-electron chi connectivity index (χ2n) is 2.15. The third-order valence-electron chi connectivity index (χ3n) is 1.23. The van der Waals surface area contributed by atoms with Crippen molar-refractivity contribution in [2.24, 2.45) is 0 Å². The van der Waals surface area contributed by atoms with Crippen molar-refractivity contribution in [2.45, 2.75) is 26.2 Å². The Morgan fingerprint density at radius 3 is 2.90 bits per heavy atom. The summed E-state index contributed by atoms with van der Waals surface area (Å²) in [6.45, 7) is 2.11. The molecule has 0 atom stereocenters. The van der Waals surface area contributed by atoms with Crippen LogP contribution in [0.2, 0.25) is 0 Å². The highest BCUT2D eigenvalue weighted by Crippen LogP contribution is 2.02. The first-order valence-electron chi connectivity index (χ1n) is 3.41. The van der Waals surface area contributed by atoms with Crippen LogP contribution in [0, 0.1) is 0 Å². The van der Waals surface area contributed by atoms with Crippen LogP contribution in [0.4, 0.5) is 5.95 Å². The lowest BCUT2D eigenvalue weighted by Gasteiger charge is -1.86. The summed E-state index contributed by atoms with van der Waals surface area (Å²) in [5.74, 6) is 0.866. The fourth-order valence-corrected chi connectivity index (χ4v) is 0.698. The van der Waals surface area contributed by atoms with Gasteiger partial charge < -0.3 is 10.3 Å². The largest absolute Gasteiger partial charge is 0.365 e. The first kappa shape index (κ1) is 7.05. The van der Waals surface area contributed by atoms with E-state index in [0.29, 0.717) is 5.89 Å². The topological polar surface area (TPSA) is 64.9 Å². The van der Waals surface area contributed by atoms with Crippen LogP contribution >= 0.6 is 0 Å². The summed E-state index contributed by atoms with van der Waals surface area (Å²) in [6.07, 6.45) is 3.03. The molecule has 0 aliphatic heterocycles. The minimum absolute atomic E-state index is 0.228. The number of anilines is 1. The molecule has 0 unspecified atom stereocenters. The highest BCUT2D eigenvalue weighted by Gasteiger charge is 2.00. The number of hydrogen-bond acceptors (Lipinski definition) is 4. The predicted octanol–water partition coefficient (Wildman–Crippen LogP) is 0.994. The Morgan fingerprint density at radius 1 is 1.60 bits per heavy atom. The second-order valence-corrected chi connectivity index (χ2v) is 2.15. The SMILES string of the molecule is CCCCc1nc(N)no1. The van der Waals surface area contributed by atoms with Gasteiger partial charge in [0.05, 0.1) is 0 Å². The maximum absolute atomic E-state index is 5.23. The van der Waals surface area contributed by atoms with Crippen LogP contribution in [0.15, 0.2) is 4.52 Å². The van der Waals surface area contributed by atoms with Crippen molar-refractivity contribution in [3.05, 3.63) is 5.89 Å². The zero-order chi connectivity index (χ0) is 7.40. The summed E-state index contributed by atoms with van der Waals surface area (Å²) in [4.78, 5) is 3.85. The average molecular weight is 141 g/mol. The van der Waals surface area contributed by atoms with Gasteiger partial charge in [-0.2, -0.15) is 4.98 Å². The molecular weight excluding hydrogens is 130 g/mol. The van der Waals surface area contributed by atoms with Gasteiger partial charge in [-0.25, -0.2) is 0 Å². The normalized spacial score (nSPS) is 10.1. The molecule has 0 radical (unpaired) electrons. The smallest absolute Gasteiger partial charge is 0.260 e. The fourth-order valence-electron chi connectivity index (χ4n) is 0.698. The van der Waals surface area contributed by atoms with Gasteiger partial charge in [0.1, 0.15) is 0 Å². The maximum atomic E-state index is 5.23. The molecule has 0 saturated carbocycles. The van der Waals surface area contributed by atoms with E-state index in [0.717, 1.165) is 19.3 Å². The van der Waals surface area contributed by atoms with Crippen molar-refractivity contribution in [1.29, 1.82) is 0 Å². The molecule has 0 amide bonds. The summed E-state index contributed by atoms with van der Waals surface area (Å²) in [5.41, 5.74) is 5.23. The number of nitrogens with zero attached hydrogens (tertiary/aromatic N) is 2. The second kappa shape index (κ2) is 3.20. The zero-order valence-electron chi connectivity index (χ0n) is 6.00. The molecule has 0 aliphatic rings. The number of aryl methyl sites for hydroxylation is 1. The van der Waals surface area contributed by atoms with E-state index in [1.807, 2.05) is 0 Å². The monoisotopic (exact) mass is 141 g/mol. The van der Waals surface area contributed by atoms with E-state index in [1.54, 1.807) is 0 Å². The number of hydrogen-bond donors (Lipinski definition) is 1. The van der Waals surface area contributed by atoms with Crippen molar-refractivity contribution < 1.29 is 4.52 Å². The van der Waals surface area contributed by atoms with Gasteiger partial charge in [0.25, 0.3) is 5.95 Å². The summed E-state index contributed by atoms with van der Waals surface area (Å²) in [5, 5.41) is 3.46. The number of aromatic nitrogens is 2. The standard InChI is InChI=1S/C6H11N3O/c1-2-3-4-5-8-6(7)9-10-5/h2-4H2,1H3,(H2,7,9). The molecule has 1 aromatic rings. The molecular formula is C6H11N3O. The van der Waals surface area contributed by atoms with Crippen LogP contribution in [0.1, 0.15) is 25.7 Å². The van der Waals surface area contributed by atoms with Gasteiger partial charge in [-0.3, -0.25) is 0 Å². The first-order chi connectivity index (χ1) is 4.83. The number of rotatable bonds is 3. The number of nitrogens with two attached hydrogens (primary N) is 1. The van der Waals surface area contributed by atoms with Crippen LogP contribution in [0.3, 0.4) is 0 Å². The quantitative estimate of drug-likeness (QED) is 0.681. The highest BCUT2D eigenvalue weighted by atomic mass is 16.5. The molecule has 0 aliphatic carbocycles. The Balaban J connectivity index is 2.42. The van der Waals surface area contributed by atoms with Crippen LogP contribution in [-0.4, -0.2) is 10.1 Å². The van der Waals surface area contributed by atoms with Crippen LogP contribution in [-0.2, 0) is 6.42 Å². The number of nitrogen functional groups attached to an aromatic ring is 1. The van der Waals surface area contributed by atoms with Crippen molar-refractivity contribution in [1.82, 2.24) is 10.1 Å². The van der Waals surface area contributed by atoms with E-state index in [2.05, 4.69) is 17.1 Å². The zero-order valence-corrected chi connectivity index (χ0v) is 6.00. The van der Waals surface area contributed by atoms with E-state index in [1.165, 1.54) is 0 Å². The van der Waals surface area contributed by atoms with Gasteiger partial charge in [-0.15, -0.1) is 0 Å². The maximum Gasteiger partial charge on any atom is 0.260 e. The molecule has 4 nitrogen and oxygen atoms in total. The highest BCUT2D eigenvalue weighted by molar-refractivity contribution is 5.10. The molecule has 0 saturated heterocycles. The fraction of sp³-hybridized carbons (Fsp3) is 0.667. The van der Waals surface area contributed by atoms with E-state index in [-0.39, 0.29) is 5.95 Å². The Morgan fingerprint density at radius 2 is 2.40 bits per heavy atom. The van der Waals surface area contributed by atoms with Gasteiger partial charge in [-0.05, 0) is 11.6 Å². The first-order valence-corrected chi connectivity index (χ1v) is 3.41. The Kier molecular flexibility index (Phi) is 2.25. The molecule has 4 heteroatoms.